The highest BCUT2D eigenvalue weighted by Gasteiger charge is 2.34. The summed E-state index contributed by atoms with van der Waals surface area (Å²) in [5.74, 6) is -0.780. The molecular weight excluding hydrogens is 254 g/mol. The molecule has 0 spiro atoms. The number of nitrogens with zero attached hydrogens (tertiary/aromatic N) is 2. The number of aromatic nitrogens is 2. The third-order valence-corrected chi connectivity index (χ3v) is 4.02. The van der Waals surface area contributed by atoms with Gasteiger partial charge in [0.25, 0.3) is 0 Å². The van der Waals surface area contributed by atoms with Crippen LogP contribution in [0.4, 0.5) is 0 Å². The number of benzene rings is 1. The van der Waals surface area contributed by atoms with E-state index >= 15 is 0 Å². The lowest BCUT2D eigenvalue weighted by Gasteiger charge is -2.27. The SMILES string of the molecule is CCC(CCCn1cnc2ccccc21)(NC)C(=O)O. The van der Waals surface area contributed by atoms with Gasteiger partial charge in [-0.3, -0.25) is 4.79 Å². The van der Waals surface area contributed by atoms with Gasteiger partial charge in [0.1, 0.15) is 5.54 Å². The van der Waals surface area contributed by atoms with Crippen LogP contribution in [0.3, 0.4) is 0 Å². The number of likely N-dealkylation sites (N-methyl/N-ethyl adjacent to an activating group) is 1. The van der Waals surface area contributed by atoms with Gasteiger partial charge in [-0.15, -0.1) is 0 Å². The Balaban J connectivity index is 2.04. The van der Waals surface area contributed by atoms with E-state index in [0.717, 1.165) is 24.0 Å². The maximum atomic E-state index is 11.4. The molecule has 5 nitrogen and oxygen atoms in total. The fourth-order valence-electron chi connectivity index (χ4n) is 2.58. The van der Waals surface area contributed by atoms with Crippen molar-refractivity contribution in [2.45, 2.75) is 38.3 Å². The Morgan fingerprint density at radius 2 is 2.20 bits per heavy atom. The van der Waals surface area contributed by atoms with Crippen LogP contribution < -0.4 is 5.32 Å². The van der Waals surface area contributed by atoms with E-state index in [4.69, 9.17) is 0 Å². The van der Waals surface area contributed by atoms with Crippen molar-refractivity contribution >= 4 is 17.0 Å². The first-order valence-corrected chi connectivity index (χ1v) is 6.95. The molecule has 0 saturated heterocycles. The van der Waals surface area contributed by atoms with Gasteiger partial charge in [-0.1, -0.05) is 19.1 Å². The molecule has 0 radical (unpaired) electrons. The van der Waals surface area contributed by atoms with Crippen molar-refractivity contribution < 1.29 is 9.90 Å². The lowest BCUT2D eigenvalue weighted by molar-refractivity contribution is -0.145. The number of para-hydroxylation sites is 2. The van der Waals surface area contributed by atoms with Crippen molar-refractivity contribution in [2.24, 2.45) is 0 Å². The van der Waals surface area contributed by atoms with Crippen LogP contribution in [0.2, 0.25) is 0 Å². The molecule has 0 aliphatic rings. The normalized spacial score (nSPS) is 14.3. The molecule has 0 saturated carbocycles. The molecular formula is C15H21N3O2. The maximum Gasteiger partial charge on any atom is 0.323 e. The molecule has 0 amide bonds. The number of hydrogen-bond donors (Lipinski definition) is 2. The van der Waals surface area contributed by atoms with Gasteiger partial charge >= 0.3 is 5.97 Å². The molecule has 1 unspecified atom stereocenters. The number of fused-ring (bicyclic) bond motifs is 1. The Morgan fingerprint density at radius 3 is 2.85 bits per heavy atom. The number of carboxylic acid groups (broad SMARTS) is 1. The van der Waals surface area contributed by atoms with E-state index in [1.165, 1.54) is 0 Å². The summed E-state index contributed by atoms with van der Waals surface area (Å²) in [7, 11) is 1.71. The predicted octanol–water partition coefficient (Wildman–Crippen LogP) is 2.27. The van der Waals surface area contributed by atoms with Gasteiger partial charge in [0.05, 0.1) is 17.4 Å². The van der Waals surface area contributed by atoms with E-state index in [1.807, 2.05) is 37.5 Å². The second-order valence-corrected chi connectivity index (χ2v) is 5.02. The van der Waals surface area contributed by atoms with E-state index < -0.39 is 11.5 Å². The Morgan fingerprint density at radius 1 is 1.45 bits per heavy atom. The molecule has 1 atom stereocenters. The third kappa shape index (κ3) is 2.67. The van der Waals surface area contributed by atoms with Crippen LogP contribution in [0.15, 0.2) is 30.6 Å². The lowest BCUT2D eigenvalue weighted by Crippen LogP contribution is -2.49. The smallest absolute Gasteiger partial charge is 0.323 e. The van der Waals surface area contributed by atoms with Crippen molar-refractivity contribution in [3.8, 4) is 0 Å². The van der Waals surface area contributed by atoms with Gasteiger partial charge in [-0.2, -0.15) is 0 Å². The number of aliphatic carboxylic acids is 1. The fraction of sp³-hybridized carbons (Fsp3) is 0.467. The standard InChI is InChI=1S/C15H21N3O2/c1-3-15(16-2,14(19)20)9-6-10-18-11-17-12-7-4-5-8-13(12)18/h4-5,7-8,11,16H,3,6,9-10H2,1-2H3,(H,19,20). The molecule has 2 aromatic rings. The average Bonchev–Trinajstić information content (AvgIpc) is 2.87. The van der Waals surface area contributed by atoms with Crippen LogP contribution >= 0.6 is 0 Å². The highest BCUT2D eigenvalue weighted by Crippen LogP contribution is 2.19. The summed E-state index contributed by atoms with van der Waals surface area (Å²) in [6.07, 6.45) is 3.78. The highest BCUT2D eigenvalue weighted by molar-refractivity contribution is 5.78. The van der Waals surface area contributed by atoms with Crippen LogP contribution in [-0.4, -0.2) is 33.2 Å². The van der Waals surface area contributed by atoms with Crippen LogP contribution in [0.1, 0.15) is 26.2 Å². The van der Waals surface area contributed by atoms with Crippen molar-refractivity contribution in [2.75, 3.05) is 7.05 Å². The molecule has 2 rings (SSSR count). The van der Waals surface area contributed by atoms with Gasteiger partial charge in [0, 0.05) is 6.54 Å². The Labute approximate surface area is 118 Å². The van der Waals surface area contributed by atoms with Crippen LogP contribution in [0.25, 0.3) is 11.0 Å². The quantitative estimate of drug-likeness (QED) is 0.813. The minimum atomic E-state index is -0.823. The molecule has 1 aromatic heterocycles. The van der Waals surface area contributed by atoms with Gasteiger partial charge in [0.15, 0.2) is 0 Å². The van der Waals surface area contributed by atoms with Gasteiger partial charge in [-0.05, 0) is 38.4 Å². The zero-order valence-corrected chi connectivity index (χ0v) is 12.0. The van der Waals surface area contributed by atoms with Crippen molar-refractivity contribution in [3.05, 3.63) is 30.6 Å². The Bertz CT molecular complexity index is 588. The molecule has 0 aliphatic carbocycles. The number of carbonyl (C=O) groups is 1. The maximum absolute atomic E-state index is 11.4. The number of carboxylic acids is 1. The summed E-state index contributed by atoms with van der Waals surface area (Å²) in [5, 5.41) is 12.3. The number of nitrogens with one attached hydrogen (secondary N) is 1. The summed E-state index contributed by atoms with van der Waals surface area (Å²) in [5.41, 5.74) is 1.24. The van der Waals surface area contributed by atoms with E-state index in [0.29, 0.717) is 12.8 Å². The Hall–Kier alpha value is -1.88. The lowest BCUT2D eigenvalue weighted by atomic mass is 9.90. The molecule has 20 heavy (non-hydrogen) atoms. The number of aryl methyl sites for hydroxylation is 1. The van der Waals surface area contributed by atoms with E-state index in [9.17, 15) is 9.90 Å². The molecule has 0 bridgehead atoms. The zero-order valence-electron chi connectivity index (χ0n) is 12.0. The first-order chi connectivity index (χ1) is 9.63. The van der Waals surface area contributed by atoms with Gasteiger partial charge in [-0.25, -0.2) is 4.98 Å². The largest absolute Gasteiger partial charge is 0.480 e. The average molecular weight is 275 g/mol. The molecule has 2 N–H and O–H groups in total. The molecule has 0 aliphatic heterocycles. The summed E-state index contributed by atoms with van der Waals surface area (Å²) in [6, 6.07) is 7.96. The second-order valence-electron chi connectivity index (χ2n) is 5.02. The highest BCUT2D eigenvalue weighted by atomic mass is 16.4. The minimum Gasteiger partial charge on any atom is -0.480 e. The van der Waals surface area contributed by atoms with Gasteiger partial charge < -0.3 is 15.0 Å². The summed E-state index contributed by atoms with van der Waals surface area (Å²) in [4.78, 5) is 15.7. The van der Waals surface area contributed by atoms with Crippen LogP contribution in [-0.2, 0) is 11.3 Å². The Kier molecular flexibility index (Phi) is 4.39. The summed E-state index contributed by atoms with van der Waals surface area (Å²) < 4.78 is 2.08. The first kappa shape index (κ1) is 14.5. The fourth-order valence-corrected chi connectivity index (χ4v) is 2.58. The van der Waals surface area contributed by atoms with Crippen molar-refractivity contribution in [1.82, 2.24) is 14.9 Å². The zero-order chi connectivity index (χ0) is 14.6. The molecule has 1 heterocycles. The van der Waals surface area contributed by atoms with Crippen LogP contribution in [0, 0.1) is 0 Å². The molecule has 1 aromatic carbocycles. The van der Waals surface area contributed by atoms with E-state index in [1.54, 1.807) is 7.05 Å². The predicted molar refractivity (Wildman–Crippen MR) is 78.7 cm³/mol. The number of rotatable bonds is 7. The molecule has 108 valence electrons. The van der Waals surface area contributed by atoms with Crippen molar-refractivity contribution in [1.29, 1.82) is 0 Å². The molecule has 5 heteroatoms. The summed E-state index contributed by atoms with van der Waals surface area (Å²) in [6.45, 7) is 2.68. The molecule has 0 fully saturated rings. The number of hydrogen-bond acceptors (Lipinski definition) is 3. The first-order valence-electron chi connectivity index (χ1n) is 6.95. The van der Waals surface area contributed by atoms with Crippen LogP contribution in [0.5, 0.6) is 0 Å². The van der Waals surface area contributed by atoms with Crippen molar-refractivity contribution in [3.63, 3.8) is 0 Å². The van der Waals surface area contributed by atoms with E-state index in [-0.39, 0.29) is 0 Å². The minimum absolute atomic E-state index is 0.573. The monoisotopic (exact) mass is 275 g/mol. The third-order valence-electron chi connectivity index (χ3n) is 4.02. The second kappa shape index (κ2) is 6.05. The van der Waals surface area contributed by atoms with Gasteiger partial charge in [0.2, 0.25) is 0 Å². The number of imidazole rings is 1. The van der Waals surface area contributed by atoms with E-state index in [2.05, 4.69) is 14.9 Å². The summed E-state index contributed by atoms with van der Waals surface area (Å²) >= 11 is 0. The topological polar surface area (TPSA) is 67.2 Å².